The van der Waals surface area contributed by atoms with Crippen LogP contribution in [0.3, 0.4) is 0 Å². The lowest BCUT2D eigenvalue weighted by Crippen LogP contribution is -2.36. The Balaban J connectivity index is 2.11. The quantitative estimate of drug-likeness (QED) is 0.742. The van der Waals surface area contributed by atoms with E-state index in [2.05, 4.69) is 9.88 Å². The third-order valence-electron chi connectivity index (χ3n) is 2.38. The van der Waals surface area contributed by atoms with Crippen molar-refractivity contribution >= 4 is 22.9 Å². The number of thiocarbonyl (C=S) groups is 1. The van der Waals surface area contributed by atoms with Crippen molar-refractivity contribution in [3.63, 3.8) is 0 Å². The first-order valence-electron chi connectivity index (χ1n) is 4.86. The summed E-state index contributed by atoms with van der Waals surface area (Å²) in [6, 6.07) is 3.85. The summed E-state index contributed by atoms with van der Waals surface area (Å²) in [6.45, 7) is 3.37. The fourth-order valence-corrected chi connectivity index (χ4v) is 1.66. The van der Waals surface area contributed by atoms with E-state index >= 15 is 0 Å². The van der Waals surface area contributed by atoms with Crippen LogP contribution in [0.15, 0.2) is 18.3 Å². The van der Waals surface area contributed by atoms with Crippen molar-refractivity contribution in [3.05, 3.63) is 24.0 Å². The molecule has 15 heavy (non-hydrogen) atoms. The summed E-state index contributed by atoms with van der Waals surface area (Å²) in [7, 11) is 0. The molecule has 4 nitrogen and oxygen atoms in total. The number of pyridine rings is 1. The smallest absolute Gasteiger partial charge is 0.122 e. The monoisotopic (exact) mass is 223 g/mol. The minimum atomic E-state index is 0.337. The molecule has 0 aromatic carbocycles. The maximum absolute atomic E-state index is 5.48. The highest BCUT2D eigenvalue weighted by molar-refractivity contribution is 7.80. The summed E-state index contributed by atoms with van der Waals surface area (Å²) in [5.41, 5.74) is 7.24. The lowest BCUT2D eigenvalue weighted by molar-refractivity contribution is 0.122. The molecule has 1 aromatic rings. The topological polar surface area (TPSA) is 51.4 Å². The Bertz CT molecular complexity index is 346. The van der Waals surface area contributed by atoms with Crippen molar-refractivity contribution in [1.82, 2.24) is 4.98 Å². The van der Waals surface area contributed by atoms with E-state index in [1.54, 1.807) is 6.20 Å². The number of rotatable bonds is 2. The molecule has 0 aliphatic carbocycles. The maximum atomic E-state index is 5.48. The van der Waals surface area contributed by atoms with Gasteiger partial charge in [-0.1, -0.05) is 12.2 Å². The van der Waals surface area contributed by atoms with Crippen molar-refractivity contribution in [2.24, 2.45) is 5.73 Å². The van der Waals surface area contributed by atoms with Gasteiger partial charge < -0.3 is 15.4 Å². The van der Waals surface area contributed by atoms with Crippen LogP contribution in [0.1, 0.15) is 5.69 Å². The zero-order valence-corrected chi connectivity index (χ0v) is 9.17. The Morgan fingerprint density at radius 3 is 2.67 bits per heavy atom. The molecule has 0 atom stereocenters. The van der Waals surface area contributed by atoms with Crippen LogP contribution >= 0.6 is 12.2 Å². The predicted molar refractivity (Wildman–Crippen MR) is 63.2 cm³/mol. The number of hydrogen-bond acceptors (Lipinski definition) is 4. The number of hydrogen-bond donors (Lipinski definition) is 1. The Morgan fingerprint density at radius 1 is 1.40 bits per heavy atom. The van der Waals surface area contributed by atoms with Gasteiger partial charge in [-0.2, -0.15) is 0 Å². The minimum Gasteiger partial charge on any atom is -0.388 e. The van der Waals surface area contributed by atoms with Crippen LogP contribution in [-0.4, -0.2) is 36.3 Å². The molecule has 0 amide bonds. The van der Waals surface area contributed by atoms with E-state index in [0.717, 1.165) is 32.0 Å². The van der Waals surface area contributed by atoms with Crippen LogP contribution < -0.4 is 10.6 Å². The zero-order chi connectivity index (χ0) is 10.7. The molecule has 1 aliphatic heterocycles. The van der Waals surface area contributed by atoms with Crippen LogP contribution in [0.2, 0.25) is 0 Å². The molecular weight excluding hydrogens is 210 g/mol. The largest absolute Gasteiger partial charge is 0.388 e. The van der Waals surface area contributed by atoms with Gasteiger partial charge in [-0.25, -0.2) is 0 Å². The first-order chi connectivity index (χ1) is 7.27. The predicted octanol–water partition coefficient (Wildman–Crippen LogP) is 0.552. The van der Waals surface area contributed by atoms with Crippen molar-refractivity contribution in [1.29, 1.82) is 0 Å². The third kappa shape index (κ3) is 2.43. The minimum absolute atomic E-state index is 0.337. The van der Waals surface area contributed by atoms with E-state index in [1.807, 2.05) is 12.1 Å². The molecule has 1 fully saturated rings. The molecule has 0 saturated carbocycles. The van der Waals surface area contributed by atoms with Crippen LogP contribution in [0.4, 0.5) is 5.69 Å². The lowest BCUT2D eigenvalue weighted by atomic mass is 10.3. The van der Waals surface area contributed by atoms with Crippen LogP contribution in [0.25, 0.3) is 0 Å². The highest BCUT2D eigenvalue weighted by atomic mass is 32.1. The molecule has 2 N–H and O–H groups in total. The molecule has 1 aromatic heterocycles. The molecule has 0 bridgehead atoms. The molecule has 1 aliphatic rings. The fourth-order valence-electron chi connectivity index (χ4n) is 1.54. The molecule has 0 radical (unpaired) electrons. The molecular formula is C10H13N3OS. The summed E-state index contributed by atoms with van der Waals surface area (Å²) in [5.74, 6) is 0. The molecule has 2 rings (SSSR count). The number of ether oxygens (including phenoxy) is 1. The summed E-state index contributed by atoms with van der Waals surface area (Å²) in [4.78, 5) is 6.78. The maximum Gasteiger partial charge on any atom is 0.122 e. The number of anilines is 1. The average molecular weight is 223 g/mol. The van der Waals surface area contributed by atoms with Crippen LogP contribution in [-0.2, 0) is 4.74 Å². The number of morpholine rings is 1. The summed E-state index contributed by atoms with van der Waals surface area (Å²) < 4.78 is 5.28. The molecule has 0 spiro atoms. The number of nitrogens with two attached hydrogens (primary N) is 1. The second-order valence-electron chi connectivity index (χ2n) is 3.37. The Morgan fingerprint density at radius 2 is 2.13 bits per heavy atom. The van der Waals surface area contributed by atoms with E-state index in [-0.39, 0.29) is 0 Å². The van der Waals surface area contributed by atoms with Crippen molar-refractivity contribution in [2.45, 2.75) is 0 Å². The normalized spacial score (nSPS) is 16.4. The van der Waals surface area contributed by atoms with Gasteiger partial charge in [0.2, 0.25) is 0 Å². The summed E-state index contributed by atoms with van der Waals surface area (Å²) >= 11 is 4.84. The van der Waals surface area contributed by atoms with Crippen molar-refractivity contribution in [2.75, 3.05) is 31.2 Å². The molecule has 0 unspecified atom stereocenters. The van der Waals surface area contributed by atoms with Crippen LogP contribution in [0, 0.1) is 0 Å². The second-order valence-corrected chi connectivity index (χ2v) is 3.81. The molecule has 5 heteroatoms. The number of nitrogens with zero attached hydrogens (tertiary/aromatic N) is 2. The van der Waals surface area contributed by atoms with E-state index in [9.17, 15) is 0 Å². The first kappa shape index (κ1) is 10.3. The second kappa shape index (κ2) is 4.55. The average Bonchev–Trinajstić information content (AvgIpc) is 2.30. The van der Waals surface area contributed by atoms with E-state index in [0.29, 0.717) is 10.7 Å². The van der Waals surface area contributed by atoms with Gasteiger partial charge in [0.15, 0.2) is 0 Å². The fraction of sp³-hybridized carbons (Fsp3) is 0.400. The van der Waals surface area contributed by atoms with Gasteiger partial charge in [0.05, 0.1) is 30.8 Å². The highest BCUT2D eigenvalue weighted by Gasteiger charge is 2.11. The van der Waals surface area contributed by atoms with Gasteiger partial charge in [-0.15, -0.1) is 0 Å². The van der Waals surface area contributed by atoms with Crippen LogP contribution in [0.5, 0.6) is 0 Å². The van der Waals surface area contributed by atoms with Gasteiger partial charge in [0.25, 0.3) is 0 Å². The Kier molecular flexibility index (Phi) is 3.13. The molecule has 80 valence electrons. The molecule has 2 heterocycles. The summed E-state index contributed by atoms with van der Waals surface area (Å²) in [5, 5.41) is 0. The standard InChI is InChI=1S/C10H13N3OS/c11-10(15)9-2-1-8(7-12-9)13-3-5-14-6-4-13/h1-2,7H,3-6H2,(H2,11,15). The van der Waals surface area contributed by atoms with Gasteiger partial charge >= 0.3 is 0 Å². The van der Waals surface area contributed by atoms with Gasteiger partial charge in [0.1, 0.15) is 4.99 Å². The van der Waals surface area contributed by atoms with Crippen molar-refractivity contribution in [3.8, 4) is 0 Å². The Hall–Kier alpha value is -1.20. The Labute approximate surface area is 94.0 Å². The summed E-state index contributed by atoms with van der Waals surface area (Å²) in [6.07, 6.45) is 1.81. The molecule has 1 saturated heterocycles. The van der Waals surface area contributed by atoms with E-state index in [1.165, 1.54) is 0 Å². The highest BCUT2D eigenvalue weighted by Crippen LogP contribution is 2.14. The zero-order valence-electron chi connectivity index (χ0n) is 8.35. The number of aromatic nitrogens is 1. The van der Waals surface area contributed by atoms with Gasteiger partial charge in [-0.05, 0) is 12.1 Å². The van der Waals surface area contributed by atoms with Gasteiger partial charge in [0, 0.05) is 13.1 Å². The van der Waals surface area contributed by atoms with Crippen molar-refractivity contribution < 1.29 is 4.74 Å². The SMILES string of the molecule is NC(=S)c1ccc(N2CCOCC2)cn1. The first-order valence-corrected chi connectivity index (χ1v) is 5.27. The van der Waals surface area contributed by atoms with Gasteiger partial charge in [-0.3, -0.25) is 4.98 Å². The lowest BCUT2D eigenvalue weighted by Gasteiger charge is -2.28. The third-order valence-corrected chi connectivity index (χ3v) is 2.59. The van der Waals surface area contributed by atoms with E-state index < -0.39 is 0 Å². The van der Waals surface area contributed by atoms with E-state index in [4.69, 9.17) is 22.7 Å².